The monoisotopic (exact) mass is 393 g/mol. The van der Waals surface area contributed by atoms with Crippen LogP contribution in [0.2, 0.25) is 0 Å². The average Bonchev–Trinajstić information content (AvgIpc) is 3.46. The van der Waals surface area contributed by atoms with E-state index >= 15 is 0 Å². The molecule has 2 amide bonds. The van der Waals surface area contributed by atoms with Gasteiger partial charge in [0, 0.05) is 17.0 Å². The first kappa shape index (κ1) is 18.2. The molecule has 0 atom stereocenters. The number of thiazole rings is 1. The number of hydrogen-bond donors (Lipinski definition) is 2. The molecule has 3 aromatic rings. The molecule has 0 radical (unpaired) electrons. The Balaban J connectivity index is 1.28. The molecular weight excluding hydrogens is 374 g/mol. The van der Waals surface area contributed by atoms with Crippen molar-refractivity contribution in [2.24, 2.45) is 5.92 Å². The van der Waals surface area contributed by atoms with Gasteiger partial charge in [-0.1, -0.05) is 18.2 Å². The van der Waals surface area contributed by atoms with E-state index in [0.717, 1.165) is 18.6 Å². The highest BCUT2D eigenvalue weighted by Crippen LogP contribution is 2.30. The van der Waals surface area contributed by atoms with Gasteiger partial charge in [-0.05, 0) is 49.2 Å². The highest BCUT2D eigenvalue weighted by atomic mass is 32.1. The number of anilines is 2. The molecule has 1 heterocycles. The standard InChI is InChI=1S/C21H19N3O3S/c25-19(12-16-13-28-21(23-16)24-20(26)14-6-7-14)22-15-8-10-18(11-9-15)27-17-4-2-1-3-5-17/h1-5,8-11,13-14H,6-7,12H2,(H,22,25)(H,23,24,26). The summed E-state index contributed by atoms with van der Waals surface area (Å²) in [6, 6.07) is 16.7. The minimum Gasteiger partial charge on any atom is -0.457 e. The Bertz CT molecular complexity index is 966. The predicted octanol–water partition coefficient (Wildman–Crippen LogP) is 4.47. The first-order valence-electron chi connectivity index (χ1n) is 9.04. The zero-order chi connectivity index (χ0) is 19.3. The lowest BCUT2D eigenvalue weighted by molar-refractivity contribution is -0.117. The van der Waals surface area contributed by atoms with Gasteiger partial charge in [-0.25, -0.2) is 4.98 Å². The van der Waals surface area contributed by atoms with E-state index in [1.165, 1.54) is 11.3 Å². The van der Waals surface area contributed by atoms with Crippen LogP contribution in [-0.2, 0) is 16.0 Å². The van der Waals surface area contributed by atoms with Crippen LogP contribution in [0.25, 0.3) is 0 Å². The third-order valence-electron chi connectivity index (χ3n) is 4.19. The Morgan fingerprint density at radius 2 is 1.71 bits per heavy atom. The number of rotatable bonds is 7. The number of nitrogens with one attached hydrogen (secondary N) is 2. The summed E-state index contributed by atoms with van der Waals surface area (Å²) >= 11 is 1.33. The molecule has 0 unspecified atom stereocenters. The molecule has 1 aromatic heterocycles. The minimum atomic E-state index is -0.165. The highest BCUT2D eigenvalue weighted by molar-refractivity contribution is 7.13. The summed E-state index contributed by atoms with van der Waals surface area (Å²) in [7, 11) is 0. The Morgan fingerprint density at radius 1 is 1.00 bits per heavy atom. The van der Waals surface area contributed by atoms with Gasteiger partial charge in [-0.15, -0.1) is 11.3 Å². The molecule has 0 saturated heterocycles. The van der Waals surface area contributed by atoms with Gasteiger partial charge in [0.15, 0.2) is 5.13 Å². The van der Waals surface area contributed by atoms with Gasteiger partial charge >= 0.3 is 0 Å². The third kappa shape index (κ3) is 4.95. The van der Waals surface area contributed by atoms with Gasteiger partial charge in [0.05, 0.1) is 12.1 Å². The second-order valence-corrected chi connectivity index (χ2v) is 7.43. The molecule has 1 fully saturated rings. The molecule has 2 aromatic carbocycles. The van der Waals surface area contributed by atoms with Gasteiger partial charge in [0.1, 0.15) is 11.5 Å². The number of ether oxygens (including phenoxy) is 1. The van der Waals surface area contributed by atoms with E-state index in [-0.39, 0.29) is 24.2 Å². The summed E-state index contributed by atoms with van der Waals surface area (Å²) in [5, 5.41) is 7.97. The Labute approximate surface area is 166 Å². The molecule has 0 aliphatic heterocycles. The molecular formula is C21H19N3O3S. The van der Waals surface area contributed by atoms with Crippen molar-refractivity contribution in [1.82, 2.24) is 4.98 Å². The van der Waals surface area contributed by atoms with Crippen molar-refractivity contribution in [2.45, 2.75) is 19.3 Å². The van der Waals surface area contributed by atoms with Crippen molar-refractivity contribution < 1.29 is 14.3 Å². The first-order chi connectivity index (χ1) is 13.7. The molecule has 0 spiro atoms. The number of amides is 2. The zero-order valence-corrected chi connectivity index (χ0v) is 15.9. The summed E-state index contributed by atoms with van der Waals surface area (Å²) in [6.07, 6.45) is 2.04. The molecule has 1 aliphatic carbocycles. The van der Waals surface area contributed by atoms with Crippen LogP contribution in [0, 0.1) is 5.92 Å². The Hall–Kier alpha value is -3.19. The molecule has 28 heavy (non-hydrogen) atoms. The normalized spacial score (nSPS) is 13.0. The average molecular weight is 393 g/mol. The maximum Gasteiger partial charge on any atom is 0.230 e. The van der Waals surface area contributed by atoms with Gasteiger partial charge in [0.25, 0.3) is 0 Å². The third-order valence-corrected chi connectivity index (χ3v) is 5.00. The van der Waals surface area contributed by atoms with Gasteiger partial charge in [-0.2, -0.15) is 0 Å². The number of hydrogen-bond acceptors (Lipinski definition) is 5. The van der Waals surface area contributed by atoms with E-state index < -0.39 is 0 Å². The van der Waals surface area contributed by atoms with Crippen LogP contribution in [0.5, 0.6) is 11.5 Å². The maximum atomic E-state index is 12.2. The lowest BCUT2D eigenvalue weighted by atomic mass is 10.2. The van der Waals surface area contributed by atoms with E-state index in [0.29, 0.717) is 22.3 Å². The van der Waals surface area contributed by atoms with Crippen LogP contribution in [0.15, 0.2) is 60.0 Å². The van der Waals surface area contributed by atoms with E-state index in [2.05, 4.69) is 15.6 Å². The SMILES string of the molecule is O=C(Cc1csc(NC(=O)C2CC2)n1)Nc1ccc(Oc2ccccc2)cc1. The van der Waals surface area contributed by atoms with E-state index in [4.69, 9.17) is 4.74 Å². The highest BCUT2D eigenvalue weighted by Gasteiger charge is 2.30. The molecule has 6 nitrogen and oxygen atoms in total. The first-order valence-corrected chi connectivity index (χ1v) is 9.92. The van der Waals surface area contributed by atoms with Crippen molar-refractivity contribution in [3.63, 3.8) is 0 Å². The summed E-state index contributed by atoms with van der Waals surface area (Å²) in [6.45, 7) is 0. The van der Waals surface area contributed by atoms with Crippen molar-refractivity contribution in [3.05, 3.63) is 65.7 Å². The lowest BCUT2D eigenvalue weighted by Gasteiger charge is -2.07. The lowest BCUT2D eigenvalue weighted by Crippen LogP contribution is -2.15. The van der Waals surface area contributed by atoms with E-state index in [1.807, 2.05) is 30.3 Å². The Morgan fingerprint density at radius 3 is 2.43 bits per heavy atom. The van der Waals surface area contributed by atoms with Crippen LogP contribution in [0.3, 0.4) is 0 Å². The molecule has 4 rings (SSSR count). The molecule has 7 heteroatoms. The number of benzene rings is 2. The van der Waals surface area contributed by atoms with Gasteiger partial charge in [0.2, 0.25) is 11.8 Å². The van der Waals surface area contributed by atoms with Crippen molar-refractivity contribution >= 4 is 34.0 Å². The smallest absolute Gasteiger partial charge is 0.230 e. The van der Waals surface area contributed by atoms with E-state index in [9.17, 15) is 9.59 Å². The van der Waals surface area contributed by atoms with Crippen LogP contribution >= 0.6 is 11.3 Å². The zero-order valence-electron chi connectivity index (χ0n) is 15.1. The number of carbonyl (C=O) groups is 2. The fourth-order valence-corrected chi connectivity index (χ4v) is 3.31. The van der Waals surface area contributed by atoms with Crippen molar-refractivity contribution in [1.29, 1.82) is 0 Å². The number of para-hydroxylation sites is 1. The second-order valence-electron chi connectivity index (χ2n) is 6.57. The summed E-state index contributed by atoms with van der Waals surface area (Å²) < 4.78 is 5.73. The quantitative estimate of drug-likeness (QED) is 0.621. The summed E-state index contributed by atoms with van der Waals surface area (Å²) in [4.78, 5) is 28.3. The molecule has 2 N–H and O–H groups in total. The fraction of sp³-hybridized carbons (Fsp3) is 0.190. The number of nitrogens with zero attached hydrogens (tertiary/aromatic N) is 1. The van der Waals surface area contributed by atoms with Crippen molar-refractivity contribution in [2.75, 3.05) is 10.6 Å². The molecule has 142 valence electrons. The maximum absolute atomic E-state index is 12.2. The number of carbonyl (C=O) groups excluding carboxylic acids is 2. The Kier molecular flexibility index (Phi) is 5.34. The van der Waals surface area contributed by atoms with Gasteiger partial charge < -0.3 is 15.4 Å². The van der Waals surface area contributed by atoms with Gasteiger partial charge in [-0.3, -0.25) is 9.59 Å². The largest absolute Gasteiger partial charge is 0.457 e. The minimum absolute atomic E-state index is 0.0168. The molecule has 0 bridgehead atoms. The topological polar surface area (TPSA) is 80.3 Å². The van der Waals surface area contributed by atoms with E-state index in [1.54, 1.807) is 29.6 Å². The van der Waals surface area contributed by atoms with Crippen LogP contribution < -0.4 is 15.4 Å². The predicted molar refractivity (Wildman–Crippen MR) is 109 cm³/mol. The van der Waals surface area contributed by atoms with Crippen LogP contribution in [0.4, 0.5) is 10.8 Å². The van der Waals surface area contributed by atoms with Crippen LogP contribution in [0.1, 0.15) is 18.5 Å². The van der Waals surface area contributed by atoms with Crippen molar-refractivity contribution in [3.8, 4) is 11.5 Å². The molecule has 1 aliphatic rings. The van der Waals surface area contributed by atoms with Crippen LogP contribution in [-0.4, -0.2) is 16.8 Å². The summed E-state index contributed by atoms with van der Waals surface area (Å²) in [5.74, 6) is 1.43. The number of aromatic nitrogens is 1. The summed E-state index contributed by atoms with van der Waals surface area (Å²) in [5.41, 5.74) is 1.32. The molecule has 1 saturated carbocycles. The second kappa shape index (κ2) is 8.22. The fourth-order valence-electron chi connectivity index (χ4n) is 2.60.